The fraction of sp³-hybridized carbons (Fsp3) is 0.200. The van der Waals surface area contributed by atoms with Gasteiger partial charge in [0.15, 0.2) is 7.12 Å². The maximum atomic E-state index is 11.7. The topological polar surface area (TPSA) is 69.8 Å². The van der Waals surface area contributed by atoms with Crippen molar-refractivity contribution in [2.45, 2.75) is 6.54 Å². The van der Waals surface area contributed by atoms with Gasteiger partial charge in [-0.2, -0.15) is 0 Å². The lowest BCUT2D eigenvalue weighted by atomic mass is 10.4. The largest absolute Gasteiger partial charge is 0.331 e. The Bertz CT molecular complexity index is 673. The van der Waals surface area contributed by atoms with Crippen LogP contribution in [0.1, 0.15) is 5.69 Å². The molecule has 2 aromatic rings. The van der Waals surface area contributed by atoms with Crippen molar-refractivity contribution in [2.24, 2.45) is 7.05 Å². The van der Waals surface area contributed by atoms with Crippen LogP contribution >= 0.6 is 28.4 Å². The summed E-state index contributed by atoms with van der Waals surface area (Å²) in [7, 11) is 5.79. The molecule has 9 heteroatoms. The summed E-state index contributed by atoms with van der Waals surface area (Å²) in [6.45, 7) is 0.132. The predicted octanol–water partition coefficient (Wildman–Crippen LogP) is 0.148. The molecule has 19 heavy (non-hydrogen) atoms. The van der Waals surface area contributed by atoms with Gasteiger partial charge < -0.3 is 4.57 Å². The molecular formula is C10H10BBrN4O2S. The SMILES string of the molecule is Cn1ccc(=O)n(Cc2cc(Br)ncn2)c1=O.[B]S. The number of aryl methyl sites for hydroxylation is 1. The summed E-state index contributed by atoms with van der Waals surface area (Å²) in [4.78, 5) is 31.2. The Morgan fingerprint density at radius 2 is 2.05 bits per heavy atom. The summed E-state index contributed by atoms with van der Waals surface area (Å²) >= 11 is 6.23. The van der Waals surface area contributed by atoms with Crippen LogP contribution in [0.25, 0.3) is 0 Å². The third kappa shape index (κ3) is 4.07. The molecule has 2 radical (unpaired) electrons. The van der Waals surface area contributed by atoms with E-state index >= 15 is 0 Å². The van der Waals surface area contributed by atoms with Crippen molar-refractivity contribution in [3.63, 3.8) is 0 Å². The molecule has 0 bridgehead atoms. The second-order valence-corrected chi connectivity index (χ2v) is 4.28. The Morgan fingerprint density at radius 1 is 1.37 bits per heavy atom. The first-order valence-electron chi connectivity index (χ1n) is 5.06. The van der Waals surface area contributed by atoms with Crippen molar-refractivity contribution >= 4 is 35.5 Å². The Balaban J connectivity index is 0.000000861. The number of hydrogen-bond acceptors (Lipinski definition) is 5. The molecule has 2 rings (SSSR count). The maximum absolute atomic E-state index is 11.7. The molecule has 0 aliphatic carbocycles. The van der Waals surface area contributed by atoms with Gasteiger partial charge in [-0.05, 0) is 22.0 Å². The zero-order chi connectivity index (χ0) is 14.4. The van der Waals surface area contributed by atoms with Gasteiger partial charge in [-0.1, -0.05) is 0 Å². The molecule has 0 amide bonds. The van der Waals surface area contributed by atoms with E-state index in [2.05, 4.69) is 45.5 Å². The summed E-state index contributed by atoms with van der Waals surface area (Å²) in [5.74, 6) is 0. The maximum Gasteiger partial charge on any atom is 0.331 e. The third-order valence-electron chi connectivity index (χ3n) is 2.25. The van der Waals surface area contributed by atoms with Gasteiger partial charge in [0.1, 0.15) is 10.9 Å². The molecule has 0 N–H and O–H groups in total. The number of rotatable bonds is 2. The van der Waals surface area contributed by atoms with Crippen LogP contribution in [0.15, 0.2) is 38.8 Å². The van der Waals surface area contributed by atoms with E-state index in [0.29, 0.717) is 10.3 Å². The fourth-order valence-corrected chi connectivity index (χ4v) is 1.73. The molecule has 0 saturated carbocycles. The number of hydrogen-bond donors (Lipinski definition) is 1. The number of nitrogens with zero attached hydrogens (tertiary/aromatic N) is 4. The van der Waals surface area contributed by atoms with Crippen LogP contribution in [0, 0.1) is 0 Å². The first kappa shape index (κ1) is 15.7. The molecule has 0 aliphatic rings. The zero-order valence-corrected chi connectivity index (χ0v) is 12.5. The van der Waals surface area contributed by atoms with Gasteiger partial charge in [0.2, 0.25) is 0 Å². The van der Waals surface area contributed by atoms with Crippen LogP contribution < -0.4 is 11.2 Å². The molecule has 0 unspecified atom stereocenters. The quantitative estimate of drug-likeness (QED) is 0.480. The first-order valence-corrected chi connectivity index (χ1v) is 6.37. The van der Waals surface area contributed by atoms with Gasteiger partial charge in [0.25, 0.3) is 5.56 Å². The summed E-state index contributed by atoms with van der Waals surface area (Å²) < 4.78 is 3.08. The summed E-state index contributed by atoms with van der Waals surface area (Å²) in [5.41, 5.74) is -0.118. The Morgan fingerprint density at radius 3 is 2.68 bits per heavy atom. The second kappa shape index (κ2) is 7.29. The molecule has 2 aromatic heterocycles. The van der Waals surface area contributed by atoms with E-state index in [1.165, 1.54) is 23.2 Å². The van der Waals surface area contributed by atoms with Crippen LogP contribution in [0.5, 0.6) is 0 Å². The zero-order valence-electron chi connectivity index (χ0n) is 10.0. The van der Waals surface area contributed by atoms with E-state index in [1.807, 2.05) is 0 Å². The van der Waals surface area contributed by atoms with Gasteiger partial charge in [-0.3, -0.25) is 9.36 Å². The second-order valence-electron chi connectivity index (χ2n) is 3.47. The molecule has 2 heterocycles. The van der Waals surface area contributed by atoms with Crippen LogP contribution in [0.2, 0.25) is 0 Å². The van der Waals surface area contributed by atoms with E-state index in [1.54, 1.807) is 13.1 Å². The molecule has 0 aromatic carbocycles. The van der Waals surface area contributed by atoms with Crippen LogP contribution in [0.4, 0.5) is 0 Å². The molecule has 0 aliphatic heterocycles. The van der Waals surface area contributed by atoms with E-state index in [-0.39, 0.29) is 17.8 Å². The minimum Gasteiger partial charge on any atom is -0.303 e. The van der Waals surface area contributed by atoms with Crippen molar-refractivity contribution in [1.29, 1.82) is 0 Å². The first-order chi connectivity index (χ1) is 9.08. The third-order valence-corrected chi connectivity index (χ3v) is 2.68. The average Bonchev–Trinajstić information content (AvgIpc) is 2.42. The molecular weight excluding hydrogens is 331 g/mol. The molecule has 6 nitrogen and oxygen atoms in total. The van der Waals surface area contributed by atoms with E-state index < -0.39 is 0 Å². The van der Waals surface area contributed by atoms with Crippen LogP contribution in [-0.2, 0) is 13.6 Å². The van der Waals surface area contributed by atoms with E-state index in [9.17, 15) is 9.59 Å². The average molecular weight is 341 g/mol. The molecule has 0 saturated heterocycles. The predicted molar refractivity (Wildman–Crippen MR) is 79.5 cm³/mol. The van der Waals surface area contributed by atoms with Crippen LogP contribution in [-0.4, -0.2) is 26.2 Å². The number of halogens is 1. The van der Waals surface area contributed by atoms with Gasteiger partial charge in [0.05, 0.1) is 12.2 Å². The van der Waals surface area contributed by atoms with Gasteiger partial charge in [-0.25, -0.2) is 27.2 Å². The highest BCUT2D eigenvalue weighted by Gasteiger charge is 2.05. The highest BCUT2D eigenvalue weighted by Crippen LogP contribution is 2.05. The lowest BCUT2D eigenvalue weighted by Gasteiger charge is -2.05. The summed E-state index contributed by atoms with van der Waals surface area (Å²) in [5, 5.41) is 0. The van der Waals surface area contributed by atoms with Crippen LogP contribution in [0.3, 0.4) is 0 Å². The fourth-order valence-electron chi connectivity index (χ4n) is 1.38. The molecule has 0 atom stereocenters. The minimum absolute atomic E-state index is 0.132. The van der Waals surface area contributed by atoms with Gasteiger partial charge >= 0.3 is 5.69 Å². The monoisotopic (exact) mass is 340 g/mol. The molecule has 98 valence electrons. The standard InChI is InChI=1S/C10H9BrN4O2.BHS/c1-14-3-2-9(16)15(10(14)17)5-7-4-8(11)13-6-12-7;1-2/h2-4,6H,5H2,1H3;2H. The lowest BCUT2D eigenvalue weighted by Crippen LogP contribution is -2.38. The Labute approximate surface area is 124 Å². The van der Waals surface area contributed by atoms with Gasteiger partial charge in [0, 0.05) is 19.3 Å². The van der Waals surface area contributed by atoms with Crippen molar-refractivity contribution < 1.29 is 0 Å². The van der Waals surface area contributed by atoms with E-state index in [4.69, 9.17) is 0 Å². The smallest absolute Gasteiger partial charge is 0.303 e. The number of thiol groups is 1. The minimum atomic E-state index is -0.368. The number of aromatic nitrogens is 4. The summed E-state index contributed by atoms with van der Waals surface area (Å²) in [6.07, 6.45) is 2.81. The Kier molecular flexibility index (Phi) is 6.03. The van der Waals surface area contributed by atoms with Crippen molar-refractivity contribution in [3.05, 3.63) is 55.8 Å². The summed E-state index contributed by atoms with van der Waals surface area (Å²) in [6, 6.07) is 3.01. The Hall–Kier alpha value is -1.35. The van der Waals surface area contributed by atoms with Crippen molar-refractivity contribution in [2.75, 3.05) is 0 Å². The van der Waals surface area contributed by atoms with Crippen molar-refractivity contribution in [1.82, 2.24) is 19.1 Å². The molecule has 0 fully saturated rings. The lowest BCUT2D eigenvalue weighted by molar-refractivity contribution is 0.629. The highest BCUT2D eigenvalue weighted by molar-refractivity contribution is 9.10. The molecule has 0 spiro atoms. The van der Waals surface area contributed by atoms with Gasteiger partial charge in [-0.15, -0.1) is 0 Å². The highest BCUT2D eigenvalue weighted by atomic mass is 79.9. The normalized spacial score (nSPS) is 9.63. The van der Waals surface area contributed by atoms with Crippen molar-refractivity contribution in [3.8, 4) is 0 Å². The van der Waals surface area contributed by atoms with E-state index in [0.717, 1.165) is 4.57 Å².